The first-order valence-corrected chi connectivity index (χ1v) is 6.28. The van der Waals surface area contributed by atoms with Gasteiger partial charge in [0.25, 0.3) is 5.69 Å². The highest BCUT2D eigenvalue weighted by atomic mass is 35.5. The quantitative estimate of drug-likeness (QED) is 0.479. The summed E-state index contributed by atoms with van der Waals surface area (Å²) in [4.78, 5) is 10.4. The van der Waals surface area contributed by atoms with Gasteiger partial charge >= 0.3 is 0 Å². The lowest BCUT2D eigenvalue weighted by molar-refractivity contribution is -0.383. The third-order valence-corrected chi connectivity index (χ3v) is 2.95. The van der Waals surface area contributed by atoms with Gasteiger partial charge in [-0.05, 0) is 6.07 Å². The van der Waals surface area contributed by atoms with Crippen molar-refractivity contribution in [3.8, 4) is 0 Å². The molecule has 0 radical (unpaired) electrons. The van der Waals surface area contributed by atoms with Gasteiger partial charge in [0, 0.05) is 25.2 Å². The normalized spacial score (nSPS) is 10.7. The summed E-state index contributed by atoms with van der Waals surface area (Å²) in [6.45, 7) is 5.33. The predicted octanol–water partition coefficient (Wildman–Crippen LogP) is 3.31. The van der Waals surface area contributed by atoms with Crippen molar-refractivity contribution in [2.24, 2.45) is 0 Å². The van der Waals surface area contributed by atoms with Gasteiger partial charge < -0.3 is 10.6 Å². The molecule has 0 aliphatic rings. The van der Waals surface area contributed by atoms with Crippen LogP contribution in [0.4, 0.5) is 11.4 Å². The van der Waals surface area contributed by atoms with E-state index in [1.54, 1.807) is 0 Å². The van der Waals surface area contributed by atoms with E-state index in [1.807, 2.05) is 13.8 Å². The molecule has 0 aliphatic heterocycles. The Morgan fingerprint density at radius 3 is 2.44 bits per heavy atom. The van der Waals surface area contributed by atoms with E-state index in [-0.39, 0.29) is 10.7 Å². The fraction of sp³-hybridized carbons (Fsp3) is 0.455. The van der Waals surface area contributed by atoms with Crippen molar-refractivity contribution in [2.75, 3.05) is 18.4 Å². The Morgan fingerprint density at radius 2 is 1.89 bits per heavy atom. The molecule has 2 N–H and O–H groups in total. The maximum Gasteiger partial charge on any atom is 0.293 e. The first-order valence-electron chi connectivity index (χ1n) is 5.52. The number of benzene rings is 1. The minimum atomic E-state index is -0.486. The third-order valence-electron chi connectivity index (χ3n) is 2.23. The maximum atomic E-state index is 10.9. The van der Waals surface area contributed by atoms with Crippen molar-refractivity contribution in [3.05, 3.63) is 32.3 Å². The molecule has 0 amide bonds. The molecule has 0 aromatic heterocycles. The molecule has 18 heavy (non-hydrogen) atoms. The first-order chi connectivity index (χ1) is 8.41. The first kappa shape index (κ1) is 15.0. The zero-order chi connectivity index (χ0) is 13.7. The molecule has 0 aliphatic carbocycles. The van der Waals surface area contributed by atoms with Gasteiger partial charge in [-0.3, -0.25) is 10.1 Å². The van der Waals surface area contributed by atoms with E-state index in [1.165, 1.54) is 12.1 Å². The number of nitrogens with zero attached hydrogens (tertiary/aromatic N) is 1. The Balaban J connectivity index is 2.74. The van der Waals surface area contributed by atoms with Crippen LogP contribution in [0.5, 0.6) is 0 Å². The average molecular weight is 292 g/mol. The lowest BCUT2D eigenvalue weighted by Crippen LogP contribution is -2.28. The monoisotopic (exact) mass is 291 g/mol. The molecule has 1 aromatic rings. The number of nitro groups is 1. The van der Waals surface area contributed by atoms with Crippen molar-refractivity contribution < 1.29 is 4.92 Å². The second-order valence-electron chi connectivity index (χ2n) is 4.08. The van der Waals surface area contributed by atoms with E-state index in [0.29, 0.717) is 29.8 Å². The van der Waals surface area contributed by atoms with Crippen LogP contribution < -0.4 is 10.6 Å². The van der Waals surface area contributed by atoms with Crippen molar-refractivity contribution in [1.82, 2.24) is 5.32 Å². The van der Waals surface area contributed by atoms with Crippen molar-refractivity contribution >= 4 is 34.6 Å². The van der Waals surface area contributed by atoms with Gasteiger partial charge in [-0.1, -0.05) is 37.0 Å². The van der Waals surface area contributed by atoms with E-state index in [9.17, 15) is 10.1 Å². The van der Waals surface area contributed by atoms with Gasteiger partial charge in [0.2, 0.25) is 0 Å². The summed E-state index contributed by atoms with van der Waals surface area (Å²) >= 11 is 11.6. The van der Waals surface area contributed by atoms with Crippen molar-refractivity contribution in [2.45, 2.75) is 19.9 Å². The molecule has 0 atom stereocenters. The van der Waals surface area contributed by atoms with Crippen LogP contribution in [-0.4, -0.2) is 24.1 Å². The lowest BCUT2D eigenvalue weighted by Gasteiger charge is -2.11. The molecule has 0 spiro atoms. The molecule has 1 aromatic carbocycles. The molecule has 7 heteroatoms. The molecule has 0 heterocycles. The van der Waals surface area contributed by atoms with Crippen LogP contribution in [0, 0.1) is 10.1 Å². The van der Waals surface area contributed by atoms with Gasteiger partial charge in [0.05, 0.1) is 15.0 Å². The molecule has 100 valence electrons. The summed E-state index contributed by atoms with van der Waals surface area (Å²) in [7, 11) is 0. The minimum Gasteiger partial charge on any atom is -0.378 e. The van der Waals surface area contributed by atoms with Gasteiger partial charge in [-0.25, -0.2) is 0 Å². The second kappa shape index (κ2) is 6.78. The molecule has 1 rings (SSSR count). The molecule has 5 nitrogen and oxygen atoms in total. The van der Waals surface area contributed by atoms with Crippen LogP contribution in [-0.2, 0) is 0 Å². The molecule has 0 bridgehead atoms. The highest BCUT2D eigenvalue weighted by Gasteiger charge is 2.16. The average Bonchev–Trinajstić information content (AvgIpc) is 2.28. The van der Waals surface area contributed by atoms with Crippen LogP contribution in [0.3, 0.4) is 0 Å². The molecule has 0 unspecified atom stereocenters. The van der Waals surface area contributed by atoms with Gasteiger partial charge in [-0.2, -0.15) is 0 Å². The Morgan fingerprint density at radius 1 is 1.28 bits per heavy atom. The molecule has 0 saturated heterocycles. The molecule has 0 saturated carbocycles. The van der Waals surface area contributed by atoms with Crippen LogP contribution >= 0.6 is 23.2 Å². The molecule has 0 fully saturated rings. The third kappa shape index (κ3) is 4.33. The van der Waals surface area contributed by atoms with Gasteiger partial charge in [0.1, 0.15) is 5.69 Å². The number of rotatable bonds is 6. The molecular formula is C11H15Cl2N3O2. The van der Waals surface area contributed by atoms with E-state index < -0.39 is 4.92 Å². The van der Waals surface area contributed by atoms with Crippen molar-refractivity contribution in [3.63, 3.8) is 0 Å². The number of halogens is 2. The van der Waals surface area contributed by atoms with Crippen LogP contribution in [0.2, 0.25) is 10.0 Å². The highest BCUT2D eigenvalue weighted by Crippen LogP contribution is 2.33. The van der Waals surface area contributed by atoms with E-state index in [4.69, 9.17) is 23.2 Å². The Kier molecular flexibility index (Phi) is 5.65. The smallest absolute Gasteiger partial charge is 0.293 e. The number of hydrogen-bond donors (Lipinski definition) is 2. The van der Waals surface area contributed by atoms with Crippen LogP contribution in [0.25, 0.3) is 0 Å². The van der Waals surface area contributed by atoms with Crippen LogP contribution in [0.1, 0.15) is 13.8 Å². The summed E-state index contributed by atoms with van der Waals surface area (Å²) in [6.07, 6.45) is 0. The summed E-state index contributed by atoms with van der Waals surface area (Å²) in [5, 5.41) is 17.5. The lowest BCUT2D eigenvalue weighted by atomic mass is 10.2. The number of nitrogens with one attached hydrogen (secondary N) is 2. The van der Waals surface area contributed by atoms with Crippen molar-refractivity contribution in [1.29, 1.82) is 0 Å². The Hall–Kier alpha value is -1.04. The van der Waals surface area contributed by atoms with E-state index in [2.05, 4.69) is 10.6 Å². The van der Waals surface area contributed by atoms with Gasteiger partial charge in [0.15, 0.2) is 0 Å². The summed E-state index contributed by atoms with van der Waals surface area (Å²) in [5.74, 6) is 0. The number of hydrogen-bond acceptors (Lipinski definition) is 4. The Bertz CT molecular complexity index is 439. The Labute approximate surface area is 116 Å². The highest BCUT2D eigenvalue weighted by molar-refractivity contribution is 6.42. The largest absolute Gasteiger partial charge is 0.378 e. The topological polar surface area (TPSA) is 67.2 Å². The summed E-state index contributed by atoms with van der Waals surface area (Å²) < 4.78 is 0. The zero-order valence-electron chi connectivity index (χ0n) is 10.2. The fourth-order valence-electron chi connectivity index (χ4n) is 1.39. The van der Waals surface area contributed by atoms with E-state index >= 15 is 0 Å². The fourth-order valence-corrected chi connectivity index (χ4v) is 1.71. The number of nitro benzene ring substituents is 1. The number of anilines is 1. The summed E-state index contributed by atoms with van der Waals surface area (Å²) in [6, 6.07) is 3.09. The zero-order valence-corrected chi connectivity index (χ0v) is 11.7. The van der Waals surface area contributed by atoms with Gasteiger partial charge in [-0.15, -0.1) is 0 Å². The second-order valence-corrected chi connectivity index (χ2v) is 4.89. The SMILES string of the molecule is CC(C)NCCNc1cc(Cl)c(Cl)cc1[N+](=O)[O-]. The van der Waals surface area contributed by atoms with E-state index in [0.717, 1.165) is 0 Å². The standard InChI is InChI=1S/C11H15Cl2N3O2/c1-7(2)14-3-4-15-10-5-8(12)9(13)6-11(10)16(17)18/h5-7,14-15H,3-4H2,1-2H3. The summed E-state index contributed by atoms with van der Waals surface area (Å²) in [5.41, 5.74) is 0.300. The molecular weight excluding hydrogens is 277 g/mol. The maximum absolute atomic E-state index is 10.9. The predicted molar refractivity (Wildman–Crippen MR) is 74.7 cm³/mol. The van der Waals surface area contributed by atoms with Crippen LogP contribution in [0.15, 0.2) is 12.1 Å². The minimum absolute atomic E-state index is 0.0750.